The van der Waals surface area contributed by atoms with Crippen LogP contribution < -0.4 is 10.2 Å². The lowest BCUT2D eigenvalue weighted by Gasteiger charge is -2.17. The van der Waals surface area contributed by atoms with Crippen LogP contribution in [0, 0.1) is 0 Å². The molecule has 0 bridgehead atoms. The largest absolute Gasteiger partial charge is 0.416 e. The van der Waals surface area contributed by atoms with Gasteiger partial charge >= 0.3 is 6.18 Å². The minimum Gasteiger partial charge on any atom is -0.351 e. The highest BCUT2D eigenvalue weighted by molar-refractivity contribution is 6.31. The Bertz CT molecular complexity index is 876. The topological polar surface area (TPSA) is 49.4 Å². The third kappa shape index (κ3) is 3.51. The van der Waals surface area contributed by atoms with Gasteiger partial charge < -0.3 is 5.32 Å². The Morgan fingerprint density at radius 3 is 2.32 bits per heavy atom. The SMILES string of the molecule is O=C1C=C(Nc2ccc(Cl)cc2)C(=O)N1c1cccc(C(F)(F)F)c1. The Morgan fingerprint density at radius 2 is 1.68 bits per heavy atom. The molecule has 0 aliphatic carbocycles. The second-order valence-electron chi connectivity index (χ2n) is 5.22. The van der Waals surface area contributed by atoms with Crippen molar-refractivity contribution in [2.24, 2.45) is 0 Å². The maximum absolute atomic E-state index is 12.8. The highest BCUT2D eigenvalue weighted by Crippen LogP contribution is 2.33. The summed E-state index contributed by atoms with van der Waals surface area (Å²) in [6, 6.07) is 10.4. The smallest absolute Gasteiger partial charge is 0.351 e. The van der Waals surface area contributed by atoms with E-state index in [1.165, 1.54) is 6.07 Å². The van der Waals surface area contributed by atoms with E-state index in [-0.39, 0.29) is 11.4 Å². The average Bonchev–Trinajstić information content (AvgIpc) is 2.83. The van der Waals surface area contributed by atoms with Crippen molar-refractivity contribution in [3.05, 3.63) is 70.9 Å². The quantitative estimate of drug-likeness (QED) is 0.827. The van der Waals surface area contributed by atoms with Gasteiger partial charge in [0.05, 0.1) is 11.3 Å². The number of nitrogens with zero attached hydrogens (tertiary/aromatic N) is 1. The summed E-state index contributed by atoms with van der Waals surface area (Å²) in [4.78, 5) is 25.2. The number of hydrogen-bond donors (Lipinski definition) is 1. The minimum absolute atomic E-state index is 0.0373. The van der Waals surface area contributed by atoms with Crippen LogP contribution in [-0.2, 0) is 15.8 Å². The maximum Gasteiger partial charge on any atom is 0.416 e. The lowest BCUT2D eigenvalue weighted by atomic mass is 10.2. The molecule has 0 saturated heterocycles. The summed E-state index contributed by atoms with van der Waals surface area (Å²) < 4.78 is 38.5. The molecule has 25 heavy (non-hydrogen) atoms. The van der Waals surface area contributed by atoms with E-state index in [1.807, 2.05) is 0 Å². The van der Waals surface area contributed by atoms with Gasteiger partial charge in [-0.2, -0.15) is 13.2 Å². The van der Waals surface area contributed by atoms with Crippen LogP contribution in [0.25, 0.3) is 0 Å². The average molecular weight is 367 g/mol. The standard InChI is InChI=1S/C17H10ClF3N2O2/c18-11-4-6-12(7-5-11)22-14-9-15(24)23(16(14)25)13-3-1-2-10(8-13)17(19,20)21/h1-9,22H. The molecule has 1 aliphatic heterocycles. The number of halogens is 4. The fraction of sp³-hybridized carbons (Fsp3) is 0.0588. The molecule has 0 radical (unpaired) electrons. The fourth-order valence-electron chi connectivity index (χ4n) is 2.31. The molecule has 1 heterocycles. The van der Waals surface area contributed by atoms with E-state index in [0.29, 0.717) is 15.6 Å². The van der Waals surface area contributed by atoms with Gasteiger partial charge in [-0.1, -0.05) is 17.7 Å². The fourth-order valence-corrected chi connectivity index (χ4v) is 2.44. The van der Waals surface area contributed by atoms with E-state index in [2.05, 4.69) is 5.32 Å². The van der Waals surface area contributed by atoms with Gasteiger partial charge in [0.1, 0.15) is 5.70 Å². The van der Waals surface area contributed by atoms with Gasteiger partial charge in [0.25, 0.3) is 11.8 Å². The van der Waals surface area contributed by atoms with Crippen LogP contribution in [0.5, 0.6) is 0 Å². The molecule has 2 amide bonds. The molecule has 0 fully saturated rings. The highest BCUT2D eigenvalue weighted by Gasteiger charge is 2.35. The zero-order chi connectivity index (χ0) is 18.2. The molecule has 0 aromatic heterocycles. The van der Waals surface area contributed by atoms with E-state index in [1.54, 1.807) is 24.3 Å². The molecule has 0 atom stereocenters. The van der Waals surface area contributed by atoms with Crippen LogP contribution >= 0.6 is 11.6 Å². The summed E-state index contributed by atoms with van der Waals surface area (Å²) in [7, 11) is 0. The van der Waals surface area contributed by atoms with Crippen LogP contribution in [0.2, 0.25) is 5.02 Å². The van der Waals surface area contributed by atoms with Crippen molar-refractivity contribution in [3.63, 3.8) is 0 Å². The first kappa shape index (κ1) is 17.0. The Balaban J connectivity index is 1.85. The summed E-state index contributed by atoms with van der Waals surface area (Å²) >= 11 is 5.77. The molecule has 0 spiro atoms. The molecular formula is C17H10ClF3N2O2. The van der Waals surface area contributed by atoms with Crippen LogP contribution in [0.15, 0.2) is 60.3 Å². The molecule has 0 saturated carbocycles. The number of carbonyl (C=O) groups is 2. The van der Waals surface area contributed by atoms with Crippen molar-refractivity contribution in [1.29, 1.82) is 0 Å². The van der Waals surface area contributed by atoms with E-state index in [0.717, 1.165) is 24.3 Å². The first-order chi connectivity index (χ1) is 11.8. The lowest BCUT2D eigenvalue weighted by molar-refractivity contribution is -0.137. The highest BCUT2D eigenvalue weighted by atomic mass is 35.5. The number of hydrogen-bond acceptors (Lipinski definition) is 3. The predicted molar refractivity (Wildman–Crippen MR) is 87.1 cm³/mol. The Labute approximate surface area is 145 Å². The summed E-state index contributed by atoms with van der Waals surface area (Å²) in [5.41, 5.74) is -0.605. The molecule has 3 rings (SSSR count). The summed E-state index contributed by atoms with van der Waals surface area (Å²) in [6.07, 6.45) is -3.53. The predicted octanol–water partition coefficient (Wildman–Crippen LogP) is 4.23. The molecule has 1 N–H and O–H groups in total. The van der Waals surface area contributed by atoms with Gasteiger partial charge in [0.2, 0.25) is 0 Å². The molecule has 8 heteroatoms. The zero-order valence-electron chi connectivity index (χ0n) is 12.5. The van der Waals surface area contributed by atoms with E-state index < -0.39 is 23.6 Å². The molecule has 128 valence electrons. The van der Waals surface area contributed by atoms with Crippen molar-refractivity contribution in [1.82, 2.24) is 0 Å². The van der Waals surface area contributed by atoms with Crippen molar-refractivity contribution in [2.45, 2.75) is 6.18 Å². The minimum atomic E-state index is -4.57. The normalized spacial score (nSPS) is 14.7. The van der Waals surface area contributed by atoms with Gasteiger partial charge in [0, 0.05) is 16.8 Å². The van der Waals surface area contributed by atoms with E-state index >= 15 is 0 Å². The number of benzene rings is 2. The Hall–Kier alpha value is -2.80. The van der Waals surface area contributed by atoms with Crippen molar-refractivity contribution in [2.75, 3.05) is 10.2 Å². The second kappa shape index (κ2) is 6.25. The number of anilines is 2. The van der Waals surface area contributed by atoms with Crippen LogP contribution in [0.4, 0.5) is 24.5 Å². The van der Waals surface area contributed by atoms with E-state index in [4.69, 9.17) is 11.6 Å². The number of rotatable bonds is 3. The van der Waals surface area contributed by atoms with Crippen LogP contribution in [0.3, 0.4) is 0 Å². The molecule has 1 aliphatic rings. The lowest BCUT2D eigenvalue weighted by Crippen LogP contribution is -2.32. The van der Waals surface area contributed by atoms with Crippen LogP contribution in [-0.4, -0.2) is 11.8 Å². The monoisotopic (exact) mass is 366 g/mol. The second-order valence-corrected chi connectivity index (χ2v) is 5.65. The maximum atomic E-state index is 12.8. The van der Waals surface area contributed by atoms with Crippen LogP contribution in [0.1, 0.15) is 5.56 Å². The first-order valence-corrected chi connectivity index (χ1v) is 7.43. The zero-order valence-corrected chi connectivity index (χ0v) is 13.2. The summed E-state index contributed by atoms with van der Waals surface area (Å²) in [5.74, 6) is -1.46. The van der Waals surface area contributed by atoms with E-state index in [9.17, 15) is 22.8 Å². The summed E-state index contributed by atoms with van der Waals surface area (Å²) in [5, 5.41) is 3.26. The van der Waals surface area contributed by atoms with Crippen molar-refractivity contribution < 1.29 is 22.8 Å². The number of imide groups is 1. The van der Waals surface area contributed by atoms with Crippen molar-refractivity contribution >= 4 is 34.8 Å². The molecule has 2 aromatic carbocycles. The number of nitrogens with one attached hydrogen (secondary N) is 1. The molecule has 0 unspecified atom stereocenters. The third-order valence-electron chi connectivity index (χ3n) is 3.48. The van der Waals surface area contributed by atoms with Gasteiger partial charge in [-0.3, -0.25) is 9.59 Å². The number of carbonyl (C=O) groups excluding carboxylic acids is 2. The first-order valence-electron chi connectivity index (χ1n) is 7.06. The Kier molecular flexibility index (Phi) is 4.26. The van der Waals surface area contributed by atoms with Gasteiger partial charge in [0.15, 0.2) is 0 Å². The van der Waals surface area contributed by atoms with Gasteiger partial charge in [-0.15, -0.1) is 0 Å². The summed E-state index contributed by atoms with van der Waals surface area (Å²) in [6.45, 7) is 0. The third-order valence-corrected chi connectivity index (χ3v) is 3.73. The molecular weight excluding hydrogens is 357 g/mol. The van der Waals surface area contributed by atoms with Gasteiger partial charge in [-0.05, 0) is 42.5 Å². The van der Waals surface area contributed by atoms with Crippen molar-refractivity contribution in [3.8, 4) is 0 Å². The molecule has 2 aromatic rings. The number of alkyl halides is 3. The Morgan fingerprint density at radius 1 is 1.00 bits per heavy atom. The van der Waals surface area contributed by atoms with Gasteiger partial charge in [-0.25, -0.2) is 4.90 Å². The molecule has 4 nitrogen and oxygen atoms in total. The number of amides is 2.